The summed E-state index contributed by atoms with van der Waals surface area (Å²) in [5.41, 5.74) is 7.27. The molecular formula is C10H11NO2. The van der Waals surface area contributed by atoms with Crippen LogP contribution in [-0.4, -0.2) is 5.97 Å². The van der Waals surface area contributed by atoms with E-state index in [1.165, 1.54) is 0 Å². The van der Waals surface area contributed by atoms with Crippen LogP contribution in [0.4, 0.5) is 5.69 Å². The topological polar surface area (TPSA) is 52.3 Å². The maximum absolute atomic E-state index is 11.1. The van der Waals surface area contributed by atoms with Crippen molar-refractivity contribution < 1.29 is 9.53 Å². The number of fused-ring (bicyclic) bond motifs is 1. The van der Waals surface area contributed by atoms with Gasteiger partial charge >= 0.3 is 5.97 Å². The highest BCUT2D eigenvalue weighted by Crippen LogP contribution is 2.34. The van der Waals surface area contributed by atoms with Gasteiger partial charge in [0.1, 0.15) is 5.75 Å². The fourth-order valence-corrected chi connectivity index (χ4v) is 1.57. The summed E-state index contributed by atoms with van der Waals surface area (Å²) in [6.07, 6.45) is 0.455. The zero-order valence-corrected chi connectivity index (χ0v) is 7.41. The number of hydrogen-bond donors (Lipinski definition) is 1. The number of rotatable bonds is 0. The minimum absolute atomic E-state index is 0.175. The normalized spacial score (nSPS) is 20.7. The Balaban J connectivity index is 2.49. The highest BCUT2D eigenvalue weighted by Gasteiger charge is 2.23. The van der Waals surface area contributed by atoms with Crippen LogP contribution in [0.15, 0.2) is 18.2 Å². The van der Waals surface area contributed by atoms with Gasteiger partial charge in [-0.05, 0) is 17.5 Å². The van der Waals surface area contributed by atoms with Crippen molar-refractivity contribution in [2.24, 2.45) is 0 Å². The Labute approximate surface area is 76.5 Å². The maximum atomic E-state index is 11.1. The van der Waals surface area contributed by atoms with Crippen LogP contribution in [0.25, 0.3) is 0 Å². The smallest absolute Gasteiger partial charge is 0.311 e. The van der Waals surface area contributed by atoms with Gasteiger partial charge in [-0.2, -0.15) is 0 Å². The Morgan fingerprint density at radius 1 is 1.54 bits per heavy atom. The molecule has 68 valence electrons. The van der Waals surface area contributed by atoms with E-state index in [2.05, 4.69) is 0 Å². The van der Waals surface area contributed by atoms with Gasteiger partial charge in [0, 0.05) is 11.8 Å². The fourth-order valence-electron chi connectivity index (χ4n) is 1.57. The molecule has 0 saturated carbocycles. The number of benzene rings is 1. The molecule has 0 aromatic heterocycles. The van der Waals surface area contributed by atoms with Crippen molar-refractivity contribution in [3.63, 3.8) is 0 Å². The van der Waals surface area contributed by atoms with E-state index in [0.29, 0.717) is 17.9 Å². The molecule has 1 heterocycles. The number of nitrogen functional groups attached to an aromatic ring is 1. The van der Waals surface area contributed by atoms with Crippen LogP contribution < -0.4 is 10.5 Å². The lowest BCUT2D eigenvalue weighted by Gasteiger charge is -2.21. The lowest BCUT2D eigenvalue weighted by molar-refractivity contribution is -0.135. The summed E-state index contributed by atoms with van der Waals surface area (Å²) in [7, 11) is 0. The third-order valence-corrected chi connectivity index (χ3v) is 2.27. The van der Waals surface area contributed by atoms with Gasteiger partial charge in [-0.25, -0.2) is 0 Å². The van der Waals surface area contributed by atoms with Crippen molar-refractivity contribution in [3.8, 4) is 5.75 Å². The molecule has 0 bridgehead atoms. The predicted molar refractivity (Wildman–Crippen MR) is 49.5 cm³/mol. The molecule has 1 unspecified atom stereocenters. The Bertz CT molecular complexity index is 360. The second kappa shape index (κ2) is 2.76. The summed E-state index contributed by atoms with van der Waals surface area (Å²) < 4.78 is 5.06. The van der Waals surface area contributed by atoms with Gasteiger partial charge in [0.15, 0.2) is 0 Å². The van der Waals surface area contributed by atoms with E-state index in [1.54, 1.807) is 6.07 Å². The third-order valence-electron chi connectivity index (χ3n) is 2.27. The standard InChI is InChI=1S/C10H11NO2/c1-6-4-10(12)13-9-5-7(11)2-3-8(6)9/h2-3,5-6H,4,11H2,1H3. The first-order valence-corrected chi connectivity index (χ1v) is 4.27. The molecule has 1 aromatic carbocycles. The Hall–Kier alpha value is -1.51. The molecule has 0 saturated heterocycles. The molecule has 1 aliphatic rings. The molecule has 0 spiro atoms. The number of carbonyl (C=O) groups is 1. The maximum Gasteiger partial charge on any atom is 0.311 e. The van der Waals surface area contributed by atoms with Gasteiger partial charge < -0.3 is 10.5 Å². The summed E-state index contributed by atoms with van der Waals surface area (Å²) in [6, 6.07) is 5.44. The zero-order valence-electron chi connectivity index (χ0n) is 7.41. The van der Waals surface area contributed by atoms with E-state index in [9.17, 15) is 4.79 Å². The predicted octanol–water partition coefficient (Wildman–Crippen LogP) is 1.68. The van der Waals surface area contributed by atoms with Crippen LogP contribution in [0.3, 0.4) is 0 Å². The summed E-state index contributed by atoms with van der Waals surface area (Å²) in [5.74, 6) is 0.672. The zero-order chi connectivity index (χ0) is 9.42. The molecule has 2 rings (SSSR count). The molecule has 0 radical (unpaired) electrons. The Morgan fingerprint density at radius 3 is 3.08 bits per heavy atom. The minimum Gasteiger partial charge on any atom is -0.426 e. The quantitative estimate of drug-likeness (QED) is 0.372. The van der Waals surface area contributed by atoms with Gasteiger partial charge in [0.25, 0.3) is 0 Å². The average Bonchev–Trinajstić information content (AvgIpc) is 2.02. The third kappa shape index (κ3) is 1.37. The van der Waals surface area contributed by atoms with E-state index < -0.39 is 0 Å². The van der Waals surface area contributed by atoms with E-state index in [-0.39, 0.29) is 11.9 Å². The molecule has 0 fully saturated rings. The molecule has 3 heteroatoms. The van der Waals surface area contributed by atoms with Crippen molar-refractivity contribution in [3.05, 3.63) is 23.8 Å². The SMILES string of the molecule is CC1CC(=O)Oc2cc(N)ccc21. The molecule has 1 aliphatic heterocycles. The lowest BCUT2D eigenvalue weighted by Crippen LogP contribution is -2.18. The highest BCUT2D eigenvalue weighted by molar-refractivity contribution is 5.77. The molecule has 0 aliphatic carbocycles. The van der Waals surface area contributed by atoms with Gasteiger partial charge in [0.2, 0.25) is 0 Å². The number of nitrogens with two attached hydrogens (primary N) is 1. The number of hydrogen-bond acceptors (Lipinski definition) is 3. The number of ether oxygens (including phenoxy) is 1. The molecule has 3 nitrogen and oxygen atoms in total. The largest absolute Gasteiger partial charge is 0.426 e. The summed E-state index contributed by atoms with van der Waals surface area (Å²) in [6.45, 7) is 2.01. The van der Waals surface area contributed by atoms with Crippen LogP contribution >= 0.6 is 0 Å². The Morgan fingerprint density at radius 2 is 2.31 bits per heavy atom. The van der Waals surface area contributed by atoms with Crippen molar-refractivity contribution >= 4 is 11.7 Å². The van der Waals surface area contributed by atoms with Gasteiger partial charge in [0.05, 0.1) is 6.42 Å². The van der Waals surface area contributed by atoms with Crippen LogP contribution in [0.1, 0.15) is 24.8 Å². The highest BCUT2D eigenvalue weighted by atomic mass is 16.5. The van der Waals surface area contributed by atoms with E-state index in [1.807, 2.05) is 19.1 Å². The second-order valence-electron chi connectivity index (χ2n) is 3.38. The van der Waals surface area contributed by atoms with E-state index in [0.717, 1.165) is 5.56 Å². The lowest BCUT2D eigenvalue weighted by atomic mass is 9.94. The first-order valence-electron chi connectivity index (χ1n) is 4.27. The Kier molecular flexibility index (Phi) is 1.72. The first-order chi connectivity index (χ1) is 6.16. The summed E-state index contributed by atoms with van der Waals surface area (Å²) >= 11 is 0. The molecule has 1 atom stereocenters. The van der Waals surface area contributed by atoms with Gasteiger partial charge in [-0.3, -0.25) is 4.79 Å². The number of carbonyl (C=O) groups excluding carboxylic acids is 1. The molecule has 13 heavy (non-hydrogen) atoms. The van der Waals surface area contributed by atoms with Crippen molar-refractivity contribution in [1.29, 1.82) is 0 Å². The van der Waals surface area contributed by atoms with Crippen LogP contribution in [0, 0.1) is 0 Å². The molecule has 0 amide bonds. The average molecular weight is 177 g/mol. The van der Waals surface area contributed by atoms with Crippen molar-refractivity contribution in [2.45, 2.75) is 19.3 Å². The number of esters is 1. The summed E-state index contributed by atoms with van der Waals surface area (Å²) in [5, 5.41) is 0. The number of anilines is 1. The van der Waals surface area contributed by atoms with Crippen molar-refractivity contribution in [1.82, 2.24) is 0 Å². The summed E-state index contributed by atoms with van der Waals surface area (Å²) in [4.78, 5) is 11.1. The monoisotopic (exact) mass is 177 g/mol. The van der Waals surface area contributed by atoms with Gasteiger partial charge in [-0.15, -0.1) is 0 Å². The van der Waals surface area contributed by atoms with E-state index >= 15 is 0 Å². The first kappa shape index (κ1) is 8.10. The van der Waals surface area contributed by atoms with Crippen LogP contribution in [0.2, 0.25) is 0 Å². The minimum atomic E-state index is -0.175. The van der Waals surface area contributed by atoms with Crippen LogP contribution in [0.5, 0.6) is 5.75 Å². The fraction of sp³-hybridized carbons (Fsp3) is 0.300. The molecule has 2 N–H and O–H groups in total. The second-order valence-corrected chi connectivity index (χ2v) is 3.38. The molecule has 1 aromatic rings. The van der Waals surface area contributed by atoms with Crippen LogP contribution in [-0.2, 0) is 4.79 Å². The molecular weight excluding hydrogens is 166 g/mol. The van der Waals surface area contributed by atoms with E-state index in [4.69, 9.17) is 10.5 Å². The van der Waals surface area contributed by atoms with Gasteiger partial charge in [-0.1, -0.05) is 13.0 Å². The van der Waals surface area contributed by atoms with Crippen molar-refractivity contribution in [2.75, 3.05) is 5.73 Å².